The lowest BCUT2D eigenvalue weighted by molar-refractivity contribution is 0.0949. The highest BCUT2D eigenvalue weighted by Crippen LogP contribution is 2.14. The molecule has 0 aliphatic carbocycles. The minimum absolute atomic E-state index is 0.241. The van der Waals surface area contributed by atoms with Crippen molar-refractivity contribution in [1.29, 1.82) is 0 Å². The van der Waals surface area contributed by atoms with Gasteiger partial charge in [0.1, 0.15) is 0 Å². The zero-order valence-electron chi connectivity index (χ0n) is 7.27. The summed E-state index contributed by atoms with van der Waals surface area (Å²) in [7, 11) is 0. The van der Waals surface area contributed by atoms with Crippen LogP contribution in [-0.4, -0.2) is 16.1 Å². The van der Waals surface area contributed by atoms with Gasteiger partial charge in [-0.2, -0.15) is 5.10 Å². The molecule has 0 saturated heterocycles. The molecule has 2 aromatic rings. The van der Waals surface area contributed by atoms with E-state index < -0.39 is 5.91 Å². The van der Waals surface area contributed by atoms with Gasteiger partial charge in [-0.1, -0.05) is 24.3 Å². The standard InChI is InChI=1S/C9H8N4O/c10-12-9(14)8-7-4-2-1-3-6(7)5-11-13-8/h1-5H,10H2,(H,12,14). The van der Waals surface area contributed by atoms with Crippen molar-refractivity contribution >= 4 is 16.7 Å². The Hall–Kier alpha value is -2.01. The molecule has 1 heterocycles. The highest BCUT2D eigenvalue weighted by Gasteiger charge is 2.09. The summed E-state index contributed by atoms with van der Waals surface area (Å²) in [5.74, 6) is 4.59. The number of hydrazine groups is 1. The SMILES string of the molecule is NNC(=O)c1nncc2ccccc12. The third kappa shape index (κ3) is 1.29. The van der Waals surface area contributed by atoms with Crippen LogP contribution in [0.5, 0.6) is 0 Å². The summed E-state index contributed by atoms with van der Waals surface area (Å²) in [6.45, 7) is 0. The van der Waals surface area contributed by atoms with Crippen molar-refractivity contribution in [2.75, 3.05) is 0 Å². The molecule has 0 fully saturated rings. The molecule has 5 nitrogen and oxygen atoms in total. The predicted octanol–water partition coefficient (Wildman–Crippen LogP) is 0.233. The van der Waals surface area contributed by atoms with Gasteiger partial charge in [0.25, 0.3) is 5.91 Å². The molecule has 3 N–H and O–H groups in total. The Bertz CT molecular complexity index is 478. The van der Waals surface area contributed by atoms with E-state index in [2.05, 4.69) is 10.2 Å². The number of nitrogen functional groups attached to an aromatic ring is 1. The van der Waals surface area contributed by atoms with E-state index in [0.717, 1.165) is 10.8 Å². The van der Waals surface area contributed by atoms with E-state index in [4.69, 9.17) is 5.84 Å². The molecule has 0 atom stereocenters. The number of rotatable bonds is 1. The second kappa shape index (κ2) is 3.39. The van der Waals surface area contributed by atoms with Gasteiger partial charge >= 0.3 is 0 Å². The summed E-state index contributed by atoms with van der Waals surface area (Å²) >= 11 is 0. The first-order valence-corrected chi connectivity index (χ1v) is 4.04. The van der Waals surface area contributed by atoms with Crippen molar-refractivity contribution < 1.29 is 4.79 Å². The number of fused-ring (bicyclic) bond motifs is 1. The van der Waals surface area contributed by atoms with Gasteiger partial charge < -0.3 is 0 Å². The molecule has 5 heteroatoms. The van der Waals surface area contributed by atoms with Crippen molar-refractivity contribution in [3.63, 3.8) is 0 Å². The van der Waals surface area contributed by atoms with E-state index in [1.54, 1.807) is 12.3 Å². The monoisotopic (exact) mass is 188 g/mol. The van der Waals surface area contributed by atoms with Crippen LogP contribution >= 0.6 is 0 Å². The minimum Gasteiger partial charge on any atom is -0.289 e. The number of nitrogens with one attached hydrogen (secondary N) is 1. The molecule has 0 aliphatic rings. The van der Waals surface area contributed by atoms with Gasteiger partial charge in [0.2, 0.25) is 0 Å². The lowest BCUT2D eigenvalue weighted by Crippen LogP contribution is -2.31. The van der Waals surface area contributed by atoms with E-state index in [-0.39, 0.29) is 5.69 Å². The van der Waals surface area contributed by atoms with E-state index in [9.17, 15) is 4.79 Å². The van der Waals surface area contributed by atoms with Crippen LogP contribution in [0.4, 0.5) is 0 Å². The van der Waals surface area contributed by atoms with E-state index in [1.807, 2.05) is 23.6 Å². The Morgan fingerprint density at radius 1 is 1.36 bits per heavy atom. The maximum atomic E-state index is 11.3. The average Bonchev–Trinajstić information content (AvgIpc) is 2.27. The van der Waals surface area contributed by atoms with Gasteiger partial charge in [0.05, 0.1) is 6.20 Å². The molecule has 2 rings (SSSR count). The Kier molecular flexibility index (Phi) is 2.08. The molecule has 0 unspecified atom stereocenters. The second-order valence-electron chi connectivity index (χ2n) is 2.75. The topological polar surface area (TPSA) is 80.9 Å². The zero-order chi connectivity index (χ0) is 9.97. The highest BCUT2D eigenvalue weighted by atomic mass is 16.2. The fourth-order valence-electron chi connectivity index (χ4n) is 1.26. The number of carbonyl (C=O) groups is 1. The van der Waals surface area contributed by atoms with Crippen molar-refractivity contribution in [3.8, 4) is 0 Å². The summed E-state index contributed by atoms with van der Waals surface area (Å²) in [5, 5.41) is 9.05. The molecular weight excluding hydrogens is 180 g/mol. The summed E-state index contributed by atoms with van der Waals surface area (Å²) in [6, 6.07) is 7.36. The number of benzene rings is 1. The normalized spacial score (nSPS) is 10.1. The van der Waals surface area contributed by atoms with E-state index >= 15 is 0 Å². The molecule has 0 radical (unpaired) electrons. The Labute approximate surface area is 79.9 Å². The zero-order valence-corrected chi connectivity index (χ0v) is 7.27. The van der Waals surface area contributed by atoms with Crippen LogP contribution in [0.1, 0.15) is 10.5 Å². The molecule has 1 amide bonds. The number of amides is 1. The van der Waals surface area contributed by atoms with Crippen molar-refractivity contribution in [2.45, 2.75) is 0 Å². The summed E-state index contributed by atoms with van der Waals surface area (Å²) in [6.07, 6.45) is 1.60. The Morgan fingerprint density at radius 2 is 2.14 bits per heavy atom. The molecule has 70 valence electrons. The number of nitrogens with two attached hydrogens (primary N) is 1. The fourth-order valence-corrected chi connectivity index (χ4v) is 1.26. The molecule has 0 bridgehead atoms. The maximum absolute atomic E-state index is 11.3. The molecule has 0 saturated carbocycles. The molecule has 14 heavy (non-hydrogen) atoms. The number of hydrogen-bond donors (Lipinski definition) is 2. The van der Waals surface area contributed by atoms with Crippen molar-refractivity contribution in [3.05, 3.63) is 36.2 Å². The van der Waals surface area contributed by atoms with Crippen LogP contribution in [0.3, 0.4) is 0 Å². The van der Waals surface area contributed by atoms with Gasteiger partial charge in [0.15, 0.2) is 5.69 Å². The summed E-state index contributed by atoms with van der Waals surface area (Å²) in [5.41, 5.74) is 2.27. The number of nitrogens with zero attached hydrogens (tertiary/aromatic N) is 2. The predicted molar refractivity (Wildman–Crippen MR) is 51.2 cm³/mol. The Balaban J connectivity index is 2.71. The van der Waals surface area contributed by atoms with Gasteiger partial charge in [0, 0.05) is 10.8 Å². The largest absolute Gasteiger partial charge is 0.289 e. The minimum atomic E-state index is -0.436. The van der Waals surface area contributed by atoms with Crippen LogP contribution in [-0.2, 0) is 0 Å². The molecule has 0 aliphatic heterocycles. The van der Waals surface area contributed by atoms with Crippen LogP contribution < -0.4 is 11.3 Å². The second-order valence-corrected chi connectivity index (χ2v) is 2.75. The van der Waals surface area contributed by atoms with Crippen LogP contribution in [0.15, 0.2) is 30.5 Å². The van der Waals surface area contributed by atoms with Gasteiger partial charge in [-0.25, -0.2) is 5.84 Å². The average molecular weight is 188 g/mol. The fraction of sp³-hybridized carbons (Fsp3) is 0. The Morgan fingerprint density at radius 3 is 2.93 bits per heavy atom. The third-order valence-corrected chi connectivity index (χ3v) is 1.92. The smallest absolute Gasteiger partial charge is 0.286 e. The van der Waals surface area contributed by atoms with Gasteiger partial charge in [-0.15, -0.1) is 5.10 Å². The number of carbonyl (C=O) groups excluding carboxylic acids is 1. The van der Waals surface area contributed by atoms with Crippen LogP contribution in [0.25, 0.3) is 10.8 Å². The lowest BCUT2D eigenvalue weighted by atomic mass is 10.1. The van der Waals surface area contributed by atoms with Gasteiger partial charge in [-0.05, 0) is 0 Å². The molecule has 0 spiro atoms. The summed E-state index contributed by atoms with van der Waals surface area (Å²) in [4.78, 5) is 11.3. The first-order chi connectivity index (χ1) is 6.83. The lowest BCUT2D eigenvalue weighted by Gasteiger charge is -2.01. The van der Waals surface area contributed by atoms with E-state index in [1.165, 1.54) is 0 Å². The third-order valence-electron chi connectivity index (χ3n) is 1.92. The molecule has 1 aromatic heterocycles. The first-order valence-electron chi connectivity index (χ1n) is 4.04. The maximum Gasteiger partial charge on any atom is 0.286 e. The summed E-state index contributed by atoms with van der Waals surface area (Å²) < 4.78 is 0. The molecule has 1 aromatic carbocycles. The number of aromatic nitrogens is 2. The quantitative estimate of drug-likeness (QED) is 0.381. The molecular formula is C9H8N4O. The van der Waals surface area contributed by atoms with Crippen LogP contribution in [0, 0.1) is 0 Å². The first kappa shape index (κ1) is 8.58. The number of hydrogen-bond acceptors (Lipinski definition) is 4. The van der Waals surface area contributed by atoms with E-state index in [0.29, 0.717) is 0 Å². The van der Waals surface area contributed by atoms with Crippen molar-refractivity contribution in [1.82, 2.24) is 15.6 Å². The highest BCUT2D eigenvalue weighted by molar-refractivity contribution is 6.04. The van der Waals surface area contributed by atoms with Gasteiger partial charge in [-0.3, -0.25) is 10.2 Å². The van der Waals surface area contributed by atoms with Crippen molar-refractivity contribution in [2.24, 2.45) is 5.84 Å². The van der Waals surface area contributed by atoms with Crippen LogP contribution in [0.2, 0.25) is 0 Å².